The predicted molar refractivity (Wildman–Crippen MR) is 75.0 cm³/mol. The molecule has 1 aromatic rings. The molecule has 1 aromatic heterocycles. The summed E-state index contributed by atoms with van der Waals surface area (Å²) >= 11 is 0. The Hall–Kier alpha value is -1.00. The highest BCUT2D eigenvalue weighted by molar-refractivity contribution is 5.92. The standard InChI is InChI=1S/C13H21N3O.ClH/c1-15-8-3-5-12(15)13(17)16-9-2-4-11(10-16)6-7-14;/h3,5,8,11H,2,4,6-7,9-10,14H2,1H3;1H. The number of hydrogen-bond acceptors (Lipinski definition) is 2. The highest BCUT2D eigenvalue weighted by atomic mass is 35.5. The molecule has 1 saturated heterocycles. The van der Waals surface area contributed by atoms with Gasteiger partial charge in [0.15, 0.2) is 0 Å². The molecule has 1 atom stereocenters. The zero-order chi connectivity index (χ0) is 12.3. The summed E-state index contributed by atoms with van der Waals surface area (Å²) in [7, 11) is 1.91. The Morgan fingerprint density at radius 1 is 1.56 bits per heavy atom. The van der Waals surface area contributed by atoms with Crippen LogP contribution in [0, 0.1) is 5.92 Å². The summed E-state index contributed by atoms with van der Waals surface area (Å²) in [6.45, 7) is 2.46. The molecular formula is C13H22ClN3O. The fourth-order valence-corrected chi connectivity index (χ4v) is 2.57. The average Bonchev–Trinajstić information content (AvgIpc) is 2.75. The van der Waals surface area contributed by atoms with Crippen LogP contribution < -0.4 is 5.73 Å². The first-order valence-electron chi connectivity index (χ1n) is 6.33. The Labute approximate surface area is 115 Å². The molecule has 2 N–H and O–H groups in total. The molecular weight excluding hydrogens is 250 g/mol. The van der Waals surface area contributed by atoms with E-state index >= 15 is 0 Å². The van der Waals surface area contributed by atoms with Crippen LogP contribution in [0.4, 0.5) is 0 Å². The van der Waals surface area contributed by atoms with E-state index in [1.54, 1.807) is 0 Å². The molecule has 0 aliphatic carbocycles. The zero-order valence-electron chi connectivity index (χ0n) is 10.8. The number of likely N-dealkylation sites (tertiary alicyclic amines) is 1. The van der Waals surface area contributed by atoms with E-state index in [-0.39, 0.29) is 18.3 Å². The van der Waals surface area contributed by atoms with E-state index in [0.29, 0.717) is 5.92 Å². The maximum absolute atomic E-state index is 12.3. The number of rotatable bonds is 3. The third kappa shape index (κ3) is 3.27. The molecule has 0 saturated carbocycles. The van der Waals surface area contributed by atoms with Gasteiger partial charge < -0.3 is 15.2 Å². The second kappa shape index (κ2) is 6.81. The molecule has 1 aliphatic heterocycles. The first-order valence-corrected chi connectivity index (χ1v) is 6.33. The second-order valence-corrected chi connectivity index (χ2v) is 4.84. The second-order valence-electron chi connectivity index (χ2n) is 4.84. The molecule has 0 bridgehead atoms. The molecule has 2 heterocycles. The summed E-state index contributed by atoms with van der Waals surface area (Å²) in [5, 5.41) is 0. The lowest BCUT2D eigenvalue weighted by atomic mass is 9.94. The van der Waals surface area contributed by atoms with Gasteiger partial charge in [-0.3, -0.25) is 4.79 Å². The minimum Gasteiger partial charge on any atom is -0.347 e. The zero-order valence-corrected chi connectivity index (χ0v) is 11.7. The van der Waals surface area contributed by atoms with Crippen LogP contribution in [0.3, 0.4) is 0 Å². The molecule has 0 aromatic carbocycles. The van der Waals surface area contributed by atoms with Crippen LogP contribution in [-0.4, -0.2) is 35.0 Å². The van der Waals surface area contributed by atoms with Crippen molar-refractivity contribution in [2.45, 2.75) is 19.3 Å². The van der Waals surface area contributed by atoms with Gasteiger partial charge in [0.2, 0.25) is 0 Å². The van der Waals surface area contributed by atoms with Crippen LogP contribution in [-0.2, 0) is 7.05 Å². The van der Waals surface area contributed by atoms with Crippen molar-refractivity contribution < 1.29 is 4.79 Å². The number of amides is 1. The molecule has 102 valence electrons. The van der Waals surface area contributed by atoms with Crippen LogP contribution in [0.2, 0.25) is 0 Å². The van der Waals surface area contributed by atoms with Crippen LogP contribution in [0.25, 0.3) is 0 Å². The number of aromatic nitrogens is 1. The molecule has 1 aliphatic rings. The number of piperidine rings is 1. The number of aryl methyl sites for hydroxylation is 1. The highest BCUT2D eigenvalue weighted by Gasteiger charge is 2.24. The Balaban J connectivity index is 0.00000162. The van der Waals surface area contributed by atoms with Crippen molar-refractivity contribution in [3.8, 4) is 0 Å². The topological polar surface area (TPSA) is 51.3 Å². The normalized spacial score (nSPS) is 19.4. The van der Waals surface area contributed by atoms with Gasteiger partial charge in [-0.05, 0) is 43.9 Å². The van der Waals surface area contributed by atoms with Crippen molar-refractivity contribution in [3.05, 3.63) is 24.0 Å². The number of nitrogens with two attached hydrogens (primary N) is 1. The van der Waals surface area contributed by atoms with Crippen LogP contribution in [0.1, 0.15) is 29.8 Å². The summed E-state index contributed by atoms with van der Waals surface area (Å²) < 4.78 is 1.88. The first-order chi connectivity index (χ1) is 8.22. The monoisotopic (exact) mass is 271 g/mol. The molecule has 4 nitrogen and oxygen atoms in total. The van der Waals surface area contributed by atoms with Crippen LogP contribution in [0.15, 0.2) is 18.3 Å². The van der Waals surface area contributed by atoms with Gasteiger partial charge in [-0.1, -0.05) is 0 Å². The van der Waals surface area contributed by atoms with E-state index in [9.17, 15) is 4.79 Å². The molecule has 18 heavy (non-hydrogen) atoms. The molecule has 1 fully saturated rings. The van der Waals surface area contributed by atoms with Gasteiger partial charge in [0.25, 0.3) is 5.91 Å². The lowest BCUT2D eigenvalue weighted by molar-refractivity contribution is 0.0660. The molecule has 1 unspecified atom stereocenters. The predicted octanol–water partition coefficient (Wildman–Crippen LogP) is 1.65. The van der Waals surface area contributed by atoms with Gasteiger partial charge in [-0.2, -0.15) is 0 Å². The van der Waals surface area contributed by atoms with E-state index in [1.165, 1.54) is 6.42 Å². The molecule has 2 rings (SSSR count). The number of carbonyl (C=O) groups is 1. The van der Waals surface area contributed by atoms with Crippen molar-refractivity contribution in [2.75, 3.05) is 19.6 Å². The molecule has 5 heteroatoms. The van der Waals surface area contributed by atoms with Gasteiger partial charge in [0.05, 0.1) is 0 Å². The number of halogens is 1. The van der Waals surface area contributed by atoms with Crippen molar-refractivity contribution in [1.29, 1.82) is 0 Å². The Morgan fingerprint density at radius 3 is 2.94 bits per heavy atom. The molecule has 0 radical (unpaired) electrons. The third-order valence-corrected chi connectivity index (χ3v) is 3.54. The Bertz CT molecular complexity index is 389. The van der Waals surface area contributed by atoms with E-state index in [0.717, 1.165) is 38.2 Å². The minimum atomic E-state index is 0. The summed E-state index contributed by atoms with van der Waals surface area (Å²) in [5.41, 5.74) is 6.37. The van der Waals surface area contributed by atoms with E-state index in [2.05, 4.69) is 0 Å². The SMILES string of the molecule is Cl.Cn1cccc1C(=O)N1CCCC(CCN)C1. The lowest BCUT2D eigenvalue weighted by Gasteiger charge is -2.32. The van der Waals surface area contributed by atoms with E-state index in [1.807, 2.05) is 34.8 Å². The number of carbonyl (C=O) groups excluding carboxylic acids is 1. The van der Waals surface area contributed by atoms with Crippen molar-refractivity contribution in [2.24, 2.45) is 18.7 Å². The third-order valence-electron chi connectivity index (χ3n) is 3.54. The quantitative estimate of drug-likeness (QED) is 0.909. The van der Waals surface area contributed by atoms with Crippen molar-refractivity contribution in [1.82, 2.24) is 9.47 Å². The van der Waals surface area contributed by atoms with Gasteiger partial charge in [-0.15, -0.1) is 12.4 Å². The summed E-state index contributed by atoms with van der Waals surface area (Å²) in [4.78, 5) is 14.3. The summed E-state index contributed by atoms with van der Waals surface area (Å²) in [6.07, 6.45) is 5.24. The maximum atomic E-state index is 12.3. The molecule has 1 amide bonds. The fourth-order valence-electron chi connectivity index (χ4n) is 2.57. The van der Waals surface area contributed by atoms with Crippen molar-refractivity contribution >= 4 is 18.3 Å². The minimum absolute atomic E-state index is 0. The first kappa shape index (κ1) is 15.1. The fraction of sp³-hybridized carbons (Fsp3) is 0.615. The largest absolute Gasteiger partial charge is 0.347 e. The van der Waals surface area contributed by atoms with E-state index < -0.39 is 0 Å². The average molecular weight is 272 g/mol. The van der Waals surface area contributed by atoms with Crippen LogP contribution >= 0.6 is 12.4 Å². The van der Waals surface area contributed by atoms with Crippen LogP contribution in [0.5, 0.6) is 0 Å². The van der Waals surface area contributed by atoms with E-state index in [4.69, 9.17) is 5.73 Å². The maximum Gasteiger partial charge on any atom is 0.270 e. The summed E-state index contributed by atoms with van der Waals surface area (Å²) in [6, 6.07) is 3.80. The lowest BCUT2D eigenvalue weighted by Crippen LogP contribution is -2.41. The van der Waals surface area contributed by atoms with Gasteiger partial charge in [-0.25, -0.2) is 0 Å². The Kier molecular flexibility index (Phi) is 5.69. The smallest absolute Gasteiger partial charge is 0.270 e. The van der Waals surface area contributed by atoms with Gasteiger partial charge in [0.1, 0.15) is 5.69 Å². The highest BCUT2D eigenvalue weighted by Crippen LogP contribution is 2.20. The number of hydrogen-bond donors (Lipinski definition) is 1. The Morgan fingerprint density at radius 2 is 2.33 bits per heavy atom. The summed E-state index contributed by atoms with van der Waals surface area (Å²) in [5.74, 6) is 0.734. The van der Waals surface area contributed by atoms with Crippen molar-refractivity contribution in [3.63, 3.8) is 0 Å². The number of nitrogens with zero attached hydrogens (tertiary/aromatic N) is 2. The molecule has 0 spiro atoms. The van der Waals surface area contributed by atoms with Gasteiger partial charge >= 0.3 is 0 Å². The van der Waals surface area contributed by atoms with Gasteiger partial charge in [0, 0.05) is 26.3 Å².